The number of rotatable bonds is 5. The Labute approximate surface area is 99.4 Å². The van der Waals surface area contributed by atoms with Crippen LogP contribution in [0.3, 0.4) is 0 Å². The zero-order valence-corrected chi connectivity index (χ0v) is 10.9. The van der Waals surface area contributed by atoms with Crippen molar-refractivity contribution < 1.29 is 4.79 Å². The summed E-state index contributed by atoms with van der Waals surface area (Å²) in [6, 6.07) is 0. The van der Waals surface area contributed by atoms with Crippen LogP contribution in [0.25, 0.3) is 0 Å². The lowest BCUT2D eigenvalue weighted by Gasteiger charge is -2.35. The fourth-order valence-corrected chi connectivity index (χ4v) is 2.33. The molecule has 2 N–H and O–H groups in total. The van der Waals surface area contributed by atoms with E-state index in [4.69, 9.17) is 0 Å². The number of nitrogens with one attached hydrogen (secondary N) is 2. The molecule has 1 unspecified atom stereocenters. The fourth-order valence-electron chi connectivity index (χ4n) is 2.33. The molecular weight excluding hydrogens is 200 g/mol. The summed E-state index contributed by atoms with van der Waals surface area (Å²) in [5, 5.41) is 6.44. The summed E-state index contributed by atoms with van der Waals surface area (Å²) < 4.78 is 0. The average Bonchev–Trinajstić information content (AvgIpc) is 2.26. The molecule has 94 valence electrons. The minimum Gasteiger partial charge on any atom is -0.351 e. The molecule has 1 aliphatic carbocycles. The van der Waals surface area contributed by atoms with Gasteiger partial charge in [0.05, 0.1) is 0 Å². The fraction of sp³-hybridized carbons (Fsp3) is 0.923. The minimum atomic E-state index is 0.0514. The third-order valence-electron chi connectivity index (χ3n) is 3.53. The molecule has 0 saturated heterocycles. The zero-order valence-electron chi connectivity index (χ0n) is 10.9. The van der Waals surface area contributed by atoms with Crippen LogP contribution in [0.4, 0.5) is 0 Å². The van der Waals surface area contributed by atoms with E-state index in [9.17, 15) is 4.79 Å². The van der Waals surface area contributed by atoms with Crippen molar-refractivity contribution in [3.8, 4) is 0 Å². The van der Waals surface area contributed by atoms with Crippen molar-refractivity contribution in [2.45, 2.75) is 58.4 Å². The SMILES string of the molecule is CCNCC(C)C(=O)NC1(C)CCCCC1. The highest BCUT2D eigenvalue weighted by Crippen LogP contribution is 2.27. The second-order valence-corrected chi connectivity index (χ2v) is 5.32. The molecule has 1 atom stereocenters. The quantitative estimate of drug-likeness (QED) is 0.753. The predicted molar refractivity (Wildman–Crippen MR) is 67.3 cm³/mol. The molecule has 3 nitrogen and oxygen atoms in total. The van der Waals surface area contributed by atoms with E-state index in [1.54, 1.807) is 0 Å². The lowest BCUT2D eigenvalue weighted by molar-refractivity contribution is -0.126. The molecule has 0 spiro atoms. The lowest BCUT2D eigenvalue weighted by Crippen LogP contribution is -2.50. The maximum atomic E-state index is 12.0. The lowest BCUT2D eigenvalue weighted by atomic mass is 9.83. The summed E-state index contributed by atoms with van der Waals surface area (Å²) >= 11 is 0. The van der Waals surface area contributed by atoms with Crippen LogP contribution in [-0.2, 0) is 4.79 Å². The third-order valence-corrected chi connectivity index (χ3v) is 3.53. The van der Waals surface area contributed by atoms with Crippen molar-refractivity contribution in [1.29, 1.82) is 0 Å². The molecule has 3 heteroatoms. The molecule has 1 saturated carbocycles. The van der Waals surface area contributed by atoms with Crippen LogP contribution in [0.1, 0.15) is 52.9 Å². The van der Waals surface area contributed by atoms with Gasteiger partial charge < -0.3 is 10.6 Å². The maximum absolute atomic E-state index is 12.0. The summed E-state index contributed by atoms with van der Waals surface area (Å²) in [5.74, 6) is 0.268. The first-order valence-corrected chi connectivity index (χ1v) is 6.60. The van der Waals surface area contributed by atoms with Gasteiger partial charge in [-0.05, 0) is 26.3 Å². The summed E-state index contributed by atoms with van der Waals surface area (Å²) in [4.78, 5) is 12.0. The second kappa shape index (κ2) is 6.24. The number of carbonyl (C=O) groups is 1. The van der Waals surface area contributed by atoms with Gasteiger partial charge >= 0.3 is 0 Å². The minimum absolute atomic E-state index is 0.0514. The van der Waals surface area contributed by atoms with E-state index < -0.39 is 0 Å². The first-order chi connectivity index (χ1) is 7.57. The topological polar surface area (TPSA) is 41.1 Å². The molecule has 1 fully saturated rings. The van der Waals surface area contributed by atoms with Crippen molar-refractivity contribution in [2.24, 2.45) is 5.92 Å². The van der Waals surface area contributed by atoms with Gasteiger partial charge in [-0.1, -0.05) is 33.1 Å². The Morgan fingerprint density at radius 2 is 1.94 bits per heavy atom. The highest BCUT2D eigenvalue weighted by Gasteiger charge is 2.29. The van der Waals surface area contributed by atoms with Gasteiger partial charge in [-0.25, -0.2) is 0 Å². The molecule has 0 aliphatic heterocycles. The molecule has 1 rings (SSSR count). The molecule has 1 aliphatic rings. The van der Waals surface area contributed by atoms with Crippen LogP contribution >= 0.6 is 0 Å². The summed E-state index contributed by atoms with van der Waals surface area (Å²) in [7, 11) is 0. The van der Waals surface area contributed by atoms with Gasteiger partial charge in [0, 0.05) is 18.0 Å². The summed E-state index contributed by atoms with van der Waals surface area (Å²) in [5.41, 5.74) is 0.0514. The van der Waals surface area contributed by atoms with E-state index in [-0.39, 0.29) is 17.4 Å². The van der Waals surface area contributed by atoms with E-state index in [1.165, 1.54) is 19.3 Å². The van der Waals surface area contributed by atoms with Gasteiger partial charge in [0.2, 0.25) is 5.91 Å². The Kier molecular flexibility index (Phi) is 5.26. The average molecular weight is 226 g/mol. The van der Waals surface area contributed by atoms with Gasteiger partial charge in [-0.3, -0.25) is 4.79 Å². The van der Waals surface area contributed by atoms with Crippen molar-refractivity contribution in [3.63, 3.8) is 0 Å². The smallest absolute Gasteiger partial charge is 0.224 e. The van der Waals surface area contributed by atoms with E-state index >= 15 is 0 Å². The Hall–Kier alpha value is -0.570. The predicted octanol–water partition coefficient (Wildman–Crippen LogP) is 2.07. The number of hydrogen-bond acceptors (Lipinski definition) is 2. The summed E-state index contributed by atoms with van der Waals surface area (Å²) in [6.45, 7) is 7.94. The maximum Gasteiger partial charge on any atom is 0.224 e. The van der Waals surface area contributed by atoms with E-state index in [0.29, 0.717) is 0 Å². The van der Waals surface area contributed by atoms with Crippen LogP contribution in [0.2, 0.25) is 0 Å². The molecular formula is C13H26N2O. The van der Waals surface area contributed by atoms with Gasteiger partial charge in [-0.2, -0.15) is 0 Å². The van der Waals surface area contributed by atoms with E-state index in [1.807, 2.05) is 6.92 Å². The number of amides is 1. The Balaban J connectivity index is 2.36. The van der Waals surface area contributed by atoms with Crippen molar-refractivity contribution in [2.75, 3.05) is 13.1 Å². The van der Waals surface area contributed by atoms with Crippen LogP contribution < -0.4 is 10.6 Å². The molecule has 0 radical (unpaired) electrons. The monoisotopic (exact) mass is 226 g/mol. The Morgan fingerprint density at radius 3 is 2.50 bits per heavy atom. The number of hydrogen-bond donors (Lipinski definition) is 2. The second-order valence-electron chi connectivity index (χ2n) is 5.32. The van der Waals surface area contributed by atoms with Crippen molar-refractivity contribution in [3.05, 3.63) is 0 Å². The largest absolute Gasteiger partial charge is 0.351 e. The Morgan fingerprint density at radius 1 is 1.31 bits per heavy atom. The molecule has 0 aromatic rings. The van der Waals surface area contributed by atoms with Gasteiger partial charge in [0.25, 0.3) is 0 Å². The first-order valence-electron chi connectivity index (χ1n) is 6.60. The van der Waals surface area contributed by atoms with Gasteiger partial charge in [-0.15, -0.1) is 0 Å². The van der Waals surface area contributed by atoms with Crippen molar-refractivity contribution in [1.82, 2.24) is 10.6 Å². The first kappa shape index (κ1) is 13.5. The molecule has 16 heavy (non-hydrogen) atoms. The van der Waals surface area contributed by atoms with Crippen LogP contribution in [-0.4, -0.2) is 24.5 Å². The van der Waals surface area contributed by atoms with E-state index in [0.717, 1.165) is 25.9 Å². The number of carbonyl (C=O) groups excluding carboxylic acids is 1. The molecule has 0 aromatic carbocycles. The van der Waals surface area contributed by atoms with Crippen LogP contribution in [0.5, 0.6) is 0 Å². The normalized spacial score (nSPS) is 21.4. The summed E-state index contributed by atoms with van der Waals surface area (Å²) in [6.07, 6.45) is 6.08. The Bertz CT molecular complexity index is 222. The molecule has 0 heterocycles. The molecule has 0 bridgehead atoms. The van der Waals surface area contributed by atoms with Gasteiger partial charge in [0.1, 0.15) is 0 Å². The third kappa shape index (κ3) is 4.12. The molecule has 0 aromatic heterocycles. The van der Waals surface area contributed by atoms with Crippen LogP contribution in [0, 0.1) is 5.92 Å². The highest BCUT2D eigenvalue weighted by atomic mass is 16.2. The van der Waals surface area contributed by atoms with E-state index in [2.05, 4.69) is 24.5 Å². The highest BCUT2D eigenvalue weighted by molar-refractivity contribution is 5.79. The van der Waals surface area contributed by atoms with Crippen molar-refractivity contribution >= 4 is 5.91 Å². The van der Waals surface area contributed by atoms with Crippen LogP contribution in [0.15, 0.2) is 0 Å². The standard InChI is InChI=1S/C13H26N2O/c1-4-14-10-11(2)12(16)15-13(3)8-6-5-7-9-13/h11,14H,4-10H2,1-3H3,(H,15,16). The van der Waals surface area contributed by atoms with Gasteiger partial charge in [0.15, 0.2) is 0 Å². The zero-order chi connectivity index (χ0) is 12.0. The molecule has 1 amide bonds.